The molecule has 4 nitrogen and oxygen atoms in total. The van der Waals surface area contributed by atoms with Gasteiger partial charge < -0.3 is 0 Å². The lowest BCUT2D eigenvalue weighted by Gasteiger charge is -1.58. The molecule has 0 aliphatic rings. The predicted molar refractivity (Wildman–Crippen MR) is 44.2 cm³/mol. The van der Waals surface area contributed by atoms with Crippen molar-refractivity contribution in [1.82, 2.24) is 0 Å². The minimum atomic E-state index is 0.400. The molecule has 0 aromatic rings. The third kappa shape index (κ3) is 7.96. The molecule has 0 fully saturated rings. The fourth-order valence-electron chi connectivity index (χ4n) is 0.394. The summed E-state index contributed by atoms with van der Waals surface area (Å²) in [5, 5.41) is 16.2. The minimum absolute atomic E-state index is 0.400. The number of nitriles is 2. The smallest absolute Gasteiger partial charge is 0.198 e. The molecule has 0 N–H and O–H groups in total. The van der Waals surface area contributed by atoms with Crippen LogP contribution in [0.2, 0.25) is 0 Å². The Bertz CT molecular complexity index is 275. The summed E-state index contributed by atoms with van der Waals surface area (Å²) in [4.78, 5) is 6.97. The fourth-order valence-corrected chi connectivity index (χ4v) is 0.394. The summed E-state index contributed by atoms with van der Waals surface area (Å²) < 4.78 is 0. The van der Waals surface area contributed by atoms with Gasteiger partial charge in [0.25, 0.3) is 0 Å². The first-order valence-corrected chi connectivity index (χ1v) is 3.51. The van der Waals surface area contributed by atoms with Crippen LogP contribution in [-0.2, 0) is 0 Å². The molecule has 0 heterocycles. The fraction of sp³-hybridized carbons (Fsp3) is 0.500. The zero-order chi connectivity index (χ0) is 9.07. The summed E-state index contributed by atoms with van der Waals surface area (Å²) in [6, 6.07) is 9.01. The molecule has 4 heteroatoms. The first-order valence-electron chi connectivity index (χ1n) is 3.51. The van der Waals surface area contributed by atoms with Crippen LogP contribution in [0.4, 0.5) is 0 Å². The van der Waals surface area contributed by atoms with Crippen molar-refractivity contribution in [3.8, 4) is 24.3 Å². The number of unbranched alkanes of at least 4 members (excludes halogenated alkanes) is 2. The second kappa shape index (κ2) is 8.96. The second-order valence-corrected chi connectivity index (χ2v) is 1.83. The molecule has 0 saturated carbocycles. The quantitative estimate of drug-likeness (QED) is 0.459. The monoisotopic (exact) mass is 160 g/mol. The molecule has 12 heavy (non-hydrogen) atoms. The Morgan fingerprint density at radius 1 is 0.750 bits per heavy atom. The Hall–Kier alpha value is -2.04. The Morgan fingerprint density at radius 3 is 1.50 bits per heavy atom. The summed E-state index contributed by atoms with van der Waals surface area (Å²) in [6.45, 7) is 0. The molecule has 0 amide bonds. The van der Waals surface area contributed by atoms with Crippen LogP contribution in [-0.4, -0.2) is 0 Å². The molecular formula is C8H8N4+2. The van der Waals surface area contributed by atoms with E-state index in [0.717, 1.165) is 0 Å². The average molecular weight is 160 g/mol. The lowest BCUT2D eigenvalue weighted by molar-refractivity contribution is 1.09. The maximum atomic E-state index is 8.12. The van der Waals surface area contributed by atoms with Gasteiger partial charge in [-0.2, -0.15) is 10.5 Å². The van der Waals surface area contributed by atoms with Gasteiger partial charge in [0.15, 0.2) is 0 Å². The molecular weight excluding hydrogens is 152 g/mol. The van der Waals surface area contributed by atoms with Crippen LogP contribution < -0.4 is 0 Å². The predicted octanol–water partition coefficient (Wildman–Crippen LogP) is 2.17. The van der Waals surface area contributed by atoms with Crippen LogP contribution in [0.3, 0.4) is 0 Å². The summed E-state index contributed by atoms with van der Waals surface area (Å²) >= 11 is 0. The van der Waals surface area contributed by atoms with Crippen molar-refractivity contribution in [3.05, 3.63) is 9.91 Å². The Morgan fingerprint density at radius 2 is 1.17 bits per heavy atom. The summed E-state index contributed by atoms with van der Waals surface area (Å²) in [5.41, 5.74) is 0. The van der Waals surface area contributed by atoms with Crippen molar-refractivity contribution in [2.24, 2.45) is 0 Å². The van der Waals surface area contributed by atoms with Gasteiger partial charge in [0.2, 0.25) is 0 Å². The van der Waals surface area contributed by atoms with Crippen LogP contribution in [0.1, 0.15) is 25.7 Å². The topological polar surface area (TPSA) is 56.3 Å². The van der Waals surface area contributed by atoms with Crippen LogP contribution in [0.25, 0.3) is 9.91 Å². The highest BCUT2D eigenvalue weighted by Crippen LogP contribution is 1.86. The standard InChI is InChI=1S/C8H8N4/c9-5-1-3-7-11-12-8-4-2-6-10/h1-4H2/q+2. The third-order valence-electron chi connectivity index (χ3n) is 0.889. The van der Waals surface area contributed by atoms with Gasteiger partial charge in [0.1, 0.15) is 12.8 Å². The van der Waals surface area contributed by atoms with Gasteiger partial charge in [-0.1, -0.05) is 0 Å². The first kappa shape index (κ1) is 9.96. The van der Waals surface area contributed by atoms with Crippen molar-refractivity contribution in [3.63, 3.8) is 0 Å². The van der Waals surface area contributed by atoms with Crippen LogP contribution in [0.15, 0.2) is 0 Å². The normalized spacial score (nSPS) is 6.17. The number of hydrogen-bond donors (Lipinski definition) is 0. The van der Waals surface area contributed by atoms with E-state index in [-0.39, 0.29) is 0 Å². The van der Waals surface area contributed by atoms with E-state index < -0.39 is 0 Å². The van der Waals surface area contributed by atoms with Gasteiger partial charge in [-0.3, -0.25) is 0 Å². The van der Waals surface area contributed by atoms with Crippen LogP contribution in [0, 0.1) is 34.8 Å². The molecule has 0 aliphatic carbocycles. The van der Waals surface area contributed by atoms with E-state index in [4.69, 9.17) is 10.5 Å². The van der Waals surface area contributed by atoms with E-state index in [1.54, 1.807) is 0 Å². The average Bonchev–Trinajstić information content (AvgIpc) is 2.10. The van der Waals surface area contributed by atoms with Gasteiger partial charge in [0.05, 0.1) is 25.0 Å². The summed E-state index contributed by atoms with van der Waals surface area (Å²) in [6.07, 6.45) is 1.77. The molecule has 0 saturated heterocycles. The van der Waals surface area contributed by atoms with Crippen LogP contribution >= 0.6 is 0 Å². The van der Waals surface area contributed by atoms with E-state index >= 15 is 0 Å². The molecule has 0 atom stereocenters. The van der Waals surface area contributed by atoms with Gasteiger partial charge in [-0.05, 0) is 0 Å². The minimum Gasteiger partial charge on any atom is -0.198 e. The second-order valence-electron chi connectivity index (χ2n) is 1.83. The molecule has 0 bridgehead atoms. The van der Waals surface area contributed by atoms with Gasteiger partial charge in [-0.25, -0.2) is 0 Å². The third-order valence-corrected chi connectivity index (χ3v) is 0.889. The molecule has 0 rings (SSSR count). The lowest BCUT2D eigenvalue weighted by atomic mass is 10.4. The van der Waals surface area contributed by atoms with E-state index in [9.17, 15) is 0 Å². The van der Waals surface area contributed by atoms with Crippen molar-refractivity contribution >= 4 is 0 Å². The maximum absolute atomic E-state index is 8.12. The van der Waals surface area contributed by atoms with E-state index in [1.165, 1.54) is 0 Å². The van der Waals surface area contributed by atoms with E-state index in [2.05, 4.69) is 22.0 Å². The zero-order valence-corrected chi connectivity index (χ0v) is 6.62. The van der Waals surface area contributed by atoms with Crippen molar-refractivity contribution in [2.75, 3.05) is 0 Å². The van der Waals surface area contributed by atoms with Gasteiger partial charge in [0, 0.05) is 0 Å². The number of nitrogens with zero attached hydrogens (tertiary/aromatic N) is 4. The van der Waals surface area contributed by atoms with Crippen LogP contribution in [0.5, 0.6) is 0 Å². The molecule has 0 aromatic heterocycles. The van der Waals surface area contributed by atoms with Gasteiger partial charge >= 0.3 is 22.0 Å². The molecule has 0 aromatic carbocycles. The number of rotatable bonds is 2. The summed E-state index contributed by atoms with van der Waals surface area (Å²) in [7, 11) is 0. The Balaban J connectivity index is 3.48. The maximum Gasteiger partial charge on any atom is 0.403 e. The molecule has 0 unspecified atom stereocenters. The highest BCUT2D eigenvalue weighted by Gasteiger charge is 1.95. The van der Waals surface area contributed by atoms with E-state index in [0.29, 0.717) is 25.7 Å². The first-order chi connectivity index (χ1) is 5.91. The summed E-state index contributed by atoms with van der Waals surface area (Å²) in [5.74, 6) is 0. The highest BCUT2D eigenvalue weighted by atomic mass is 15.1. The molecule has 0 radical (unpaired) electrons. The Kier molecular flexibility index (Phi) is 7.44. The largest absolute Gasteiger partial charge is 0.403 e. The van der Waals surface area contributed by atoms with Gasteiger partial charge in [-0.15, -0.1) is 0 Å². The van der Waals surface area contributed by atoms with Crippen molar-refractivity contribution < 1.29 is 0 Å². The molecule has 0 spiro atoms. The SMILES string of the molecule is N#CCCC#[N+][N+]#CCCC#N. The van der Waals surface area contributed by atoms with Crippen molar-refractivity contribution in [1.29, 1.82) is 10.5 Å². The number of hydrogen-bond acceptors (Lipinski definition) is 2. The van der Waals surface area contributed by atoms with E-state index in [1.807, 2.05) is 12.1 Å². The molecule has 0 aliphatic heterocycles. The molecule has 58 valence electrons. The Labute approximate surface area is 71.3 Å². The zero-order valence-electron chi connectivity index (χ0n) is 6.62. The van der Waals surface area contributed by atoms with Crippen molar-refractivity contribution in [2.45, 2.75) is 25.7 Å². The lowest BCUT2D eigenvalue weighted by Crippen LogP contribution is -1.61. The highest BCUT2D eigenvalue weighted by molar-refractivity contribution is 4.99.